The minimum Gasteiger partial charge on any atom is -0.398 e. The Balaban J connectivity index is 2.11. The van der Waals surface area contributed by atoms with Crippen molar-refractivity contribution < 1.29 is 4.79 Å². The molecule has 0 bridgehead atoms. The Morgan fingerprint density at radius 1 is 1.20 bits per heavy atom. The van der Waals surface area contributed by atoms with Gasteiger partial charge in [-0.2, -0.15) is 0 Å². The highest BCUT2D eigenvalue weighted by Crippen LogP contribution is 2.27. The van der Waals surface area contributed by atoms with Crippen LogP contribution in [0.25, 0.3) is 0 Å². The van der Waals surface area contributed by atoms with Gasteiger partial charge in [0, 0.05) is 21.7 Å². The second-order valence-electron chi connectivity index (χ2n) is 4.16. The van der Waals surface area contributed by atoms with E-state index in [1.165, 1.54) is 12.1 Å². The van der Waals surface area contributed by atoms with Crippen molar-refractivity contribution in [1.82, 2.24) is 5.32 Å². The Hall–Kier alpha value is -1.23. The fourth-order valence-corrected chi connectivity index (χ4v) is 2.57. The van der Waals surface area contributed by atoms with Crippen LogP contribution in [0.3, 0.4) is 0 Å². The summed E-state index contributed by atoms with van der Waals surface area (Å²) in [5, 5.41) is 3.41. The SMILES string of the molecule is Nc1cc(Cl)cc(Cl)c1C(=O)NCc1ccc(Br)cc1. The Morgan fingerprint density at radius 3 is 2.45 bits per heavy atom. The highest BCUT2D eigenvalue weighted by molar-refractivity contribution is 9.10. The van der Waals surface area contributed by atoms with Gasteiger partial charge in [-0.05, 0) is 29.8 Å². The van der Waals surface area contributed by atoms with Gasteiger partial charge in [0.1, 0.15) is 0 Å². The Morgan fingerprint density at radius 2 is 1.85 bits per heavy atom. The second-order valence-corrected chi connectivity index (χ2v) is 5.92. The molecule has 0 aliphatic heterocycles. The van der Waals surface area contributed by atoms with Crippen molar-refractivity contribution in [3.63, 3.8) is 0 Å². The first-order chi connectivity index (χ1) is 9.47. The largest absolute Gasteiger partial charge is 0.398 e. The Bertz CT molecular complexity index is 621. The molecule has 1 amide bonds. The van der Waals surface area contributed by atoms with Crippen molar-refractivity contribution in [2.24, 2.45) is 0 Å². The quantitative estimate of drug-likeness (QED) is 0.789. The van der Waals surface area contributed by atoms with Crippen LogP contribution >= 0.6 is 39.1 Å². The summed E-state index contributed by atoms with van der Waals surface area (Å²) in [5.74, 6) is -0.327. The molecule has 0 unspecified atom stereocenters. The number of nitrogen functional groups attached to an aromatic ring is 1. The van der Waals surface area contributed by atoms with Crippen molar-refractivity contribution in [3.8, 4) is 0 Å². The molecule has 0 aliphatic rings. The number of hydrogen-bond acceptors (Lipinski definition) is 2. The number of nitrogens with two attached hydrogens (primary N) is 1. The molecule has 0 aromatic heterocycles. The maximum absolute atomic E-state index is 12.1. The molecule has 3 nitrogen and oxygen atoms in total. The zero-order valence-corrected chi connectivity index (χ0v) is 13.4. The number of amides is 1. The van der Waals surface area contributed by atoms with Crippen LogP contribution in [0, 0.1) is 0 Å². The van der Waals surface area contributed by atoms with Crippen molar-refractivity contribution >= 4 is 50.7 Å². The van der Waals surface area contributed by atoms with Gasteiger partial charge >= 0.3 is 0 Å². The van der Waals surface area contributed by atoms with Crippen LogP contribution in [0.1, 0.15) is 15.9 Å². The average Bonchev–Trinajstić information content (AvgIpc) is 2.37. The lowest BCUT2D eigenvalue weighted by Gasteiger charge is -2.10. The van der Waals surface area contributed by atoms with Gasteiger partial charge in [-0.25, -0.2) is 0 Å². The summed E-state index contributed by atoms with van der Waals surface area (Å²) in [5.41, 5.74) is 7.26. The van der Waals surface area contributed by atoms with Crippen LogP contribution in [0.15, 0.2) is 40.9 Å². The average molecular weight is 374 g/mol. The van der Waals surface area contributed by atoms with E-state index in [0.717, 1.165) is 10.0 Å². The van der Waals surface area contributed by atoms with Gasteiger partial charge in [0.05, 0.1) is 10.6 Å². The normalized spacial score (nSPS) is 10.3. The summed E-state index contributed by atoms with van der Waals surface area (Å²) in [4.78, 5) is 12.1. The first-order valence-corrected chi connectivity index (χ1v) is 7.29. The van der Waals surface area contributed by atoms with Crippen LogP contribution in [-0.2, 0) is 6.54 Å². The predicted molar refractivity (Wildman–Crippen MR) is 86.2 cm³/mol. The molecule has 0 aliphatic carbocycles. The molecule has 20 heavy (non-hydrogen) atoms. The van der Waals surface area contributed by atoms with E-state index in [1.54, 1.807) is 0 Å². The molecule has 0 spiro atoms. The number of rotatable bonds is 3. The summed E-state index contributed by atoms with van der Waals surface area (Å²) in [7, 11) is 0. The highest BCUT2D eigenvalue weighted by Gasteiger charge is 2.14. The zero-order chi connectivity index (χ0) is 14.7. The van der Waals surface area contributed by atoms with Crippen LogP contribution in [-0.4, -0.2) is 5.91 Å². The number of benzene rings is 2. The molecule has 2 aromatic carbocycles. The molecule has 0 saturated carbocycles. The van der Waals surface area contributed by atoms with Crippen molar-refractivity contribution in [3.05, 3.63) is 62.0 Å². The molecule has 2 aromatic rings. The molecule has 0 saturated heterocycles. The van der Waals surface area contributed by atoms with Gasteiger partial charge in [0.25, 0.3) is 5.91 Å². The lowest BCUT2D eigenvalue weighted by molar-refractivity contribution is 0.0952. The number of carbonyl (C=O) groups is 1. The predicted octanol–water partition coefficient (Wildman–Crippen LogP) is 4.27. The fraction of sp³-hybridized carbons (Fsp3) is 0.0714. The summed E-state index contributed by atoms with van der Waals surface area (Å²) < 4.78 is 0.984. The maximum atomic E-state index is 12.1. The number of anilines is 1. The third-order valence-corrected chi connectivity index (χ3v) is 3.72. The third kappa shape index (κ3) is 3.66. The molecule has 6 heteroatoms. The molecule has 2 rings (SSSR count). The molecule has 0 fully saturated rings. The van der Waals surface area contributed by atoms with E-state index in [-0.39, 0.29) is 22.2 Å². The first kappa shape index (κ1) is 15.2. The van der Waals surface area contributed by atoms with Gasteiger partial charge in [-0.3, -0.25) is 4.79 Å². The Kier molecular flexibility index (Phi) is 4.91. The van der Waals surface area contributed by atoms with E-state index >= 15 is 0 Å². The van der Waals surface area contributed by atoms with Gasteiger partial charge in [0.2, 0.25) is 0 Å². The zero-order valence-electron chi connectivity index (χ0n) is 10.3. The minimum atomic E-state index is -0.327. The molecular weight excluding hydrogens is 363 g/mol. The molecule has 0 radical (unpaired) electrons. The lowest BCUT2D eigenvalue weighted by Crippen LogP contribution is -2.24. The number of hydrogen-bond donors (Lipinski definition) is 2. The molecule has 3 N–H and O–H groups in total. The van der Waals surface area contributed by atoms with Crippen LogP contribution < -0.4 is 11.1 Å². The monoisotopic (exact) mass is 372 g/mol. The summed E-state index contributed by atoms with van der Waals surface area (Å²) in [6.07, 6.45) is 0. The van der Waals surface area contributed by atoms with Crippen LogP contribution in [0.4, 0.5) is 5.69 Å². The number of carbonyl (C=O) groups excluding carboxylic acids is 1. The third-order valence-electron chi connectivity index (χ3n) is 2.68. The van der Waals surface area contributed by atoms with Crippen molar-refractivity contribution in [2.45, 2.75) is 6.54 Å². The lowest BCUT2D eigenvalue weighted by atomic mass is 10.1. The number of halogens is 3. The van der Waals surface area contributed by atoms with E-state index in [0.29, 0.717) is 11.6 Å². The molecule has 0 heterocycles. The van der Waals surface area contributed by atoms with E-state index in [2.05, 4.69) is 21.2 Å². The van der Waals surface area contributed by atoms with Crippen molar-refractivity contribution in [1.29, 1.82) is 0 Å². The van der Waals surface area contributed by atoms with Gasteiger partial charge in [-0.1, -0.05) is 51.3 Å². The van der Waals surface area contributed by atoms with Crippen molar-refractivity contribution in [2.75, 3.05) is 5.73 Å². The molecule has 0 atom stereocenters. The minimum absolute atomic E-state index is 0.239. The smallest absolute Gasteiger partial charge is 0.255 e. The standard InChI is InChI=1S/C14H11BrCl2N2O/c15-9-3-1-8(2-4-9)7-19-14(20)13-11(17)5-10(16)6-12(13)18/h1-6H,7,18H2,(H,19,20). The van der Waals surface area contributed by atoms with Gasteiger partial charge in [0.15, 0.2) is 0 Å². The van der Waals surface area contributed by atoms with Crippen LogP contribution in [0.5, 0.6) is 0 Å². The second kappa shape index (κ2) is 6.48. The highest BCUT2D eigenvalue weighted by atomic mass is 79.9. The summed E-state index contributed by atoms with van der Waals surface area (Å²) in [6, 6.07) is 10.6. The van der Waals surface area contributed by atoms with E-state index in [1.807, 2.05) is 24.3 Å². The van der Waals surface area contributed by atoms with E-state index in [4.69, 9.17) is 28.9 Å². The summed E-state index contributed by atoms with van der Waals surface area (Å²) >= 11 is 15.2. The number of nitrogens with one attached hydrogen (secondary N) is 1. The van der Waals surface area contributed by atoms with Gasteiger partial charge in [-0.15, -0.1) is 0 Å². The van der Waals surface area contributed by atoms with Crippen LogP contribution in [0.2, 0.25) is 10.0 Å². The maximum Gasteiger partial charge on any atom is 0.255 e. The first-order valence-electron chi connectivity index (χ1n) is 5.74. The topological polar surface area (TPSA) is 55.1 Å². The van der Waals surface area contributed by atoms with E-state index in [9.17, 15) is 4.79 Å². The molecular formula is C14H11BrCl2N2O. The van der Waals surface area contributed by atoms with E-state index < -0.39 is 0 Å². The molecule has 104 valence electrons. The summed E-state index contributed by atoms with van der Waals surface area (Å²) in [6.45, 7) is 0.393. The Labute approximate surface area is 135 Å². The fourth-order valence-electron chi connectivity index (χ4n) is 1.71. The van der Waals surface area contributed by atoms with Gasteiger partial charge < -0.3 is 11.1 Å².